The van der Waals surface area contributed by atoms with Crippen LogP contribution in [-0.2, 0) is 14.8 Å². The zero-order chi connectivity index (χ0) is 22.6. The van der Waals surface area contributed by atoms with Crippen LogP contribution in [0.3, 0.4) is 0 Å². The molecule has 1 saturated heterocycles. The van der Waals surface area contributed by atoms with E-state index in [9.17, 15) is 13.2 Å². The number of carbonyl (C=O) groups is 1. The minimum absolute atomic E-state index is 0.126. The number of aryl methyl sites for hydroxylation is 1. The molecule has 1 aliphatic rings. The molecule has 0 saturated carbocycles. The Hall–Kier alpha value is -2.55. The molecule has 1 fully saturated rings. The molecule has 9 heteroatoms. The minimum atomic E-state index is -3.71. The van der Waals surface area contributed by atoms with E-state index in [4.69, 9.17) is 21.1 Å². The molecule has 3 rings (SSSR count). The average molecular weight is 465 g/mol. The van der Waals surface area contributed by atoms with Crippen molar-refractivity contribution < 1.29 is 22.7 Å². The number of sulfonamides is 1. The maximum atomic E-state index is 13.0. The molecule has 0 spiro atoms. The SMILES string of the molecule is COc1ccc(S(=O)(=O)N2CCN(C(=O)/C=C/c3ccc(C)c(Cl)c3)CC2)cc1OC. The molecule has 2 aromatic carbocycles. The highest BCUT2D eigenvalue weighted by Crippen LogP contribution is 2.31. The van der Waals surface area contributed by atoms with Crippen molar-refractivity contribution in [3.8, 4) is 11.5 Å². The Balaban J connectivity index is 1.65. The smallest absolute Gasteiger partial charge is 0.246 e. The number of nitrogens with zero attached hydrogens (tertiary/aromatic N) is 2. The molecule has 166 valence electrons. The van der Waals surface area contributed by atoms with Gasteiger partial charge in [-0.2, -0.15) is 4.31 Å². The van der Waals surface area contributed by atoms with Crippen molar-refractivity contribution in [3.63, 3.8) is 0 Å². The number of ether oxygens (including phenoxy) is 2. The van der Waals surface area contributed by atoms with Crippen LogP contribution in [-0.4, -0.2) is 63.9 Å². The highest BCUT2D eigenvalue weighted by molar-refractivity contribution is 7.89. The van der Waals surface area contributed by atoms with Crippen LogP contribution >= 0.6 is 11.6 Å². The Morgan fingerprint density at radius 1 is 1.00 bits per heavy atom. The molecule has 7 nitrogen and oxygen atoms in total. The van der Waals surface area contributed by atoms with Crippen LogP contribution in [0.2, 0.25) is 5.02 Å². The van der Waals surface area contributed by atoms with E-state index in [0.29, 0.717) is 29.6 Å². The van der Waals surface area contributed by atoms with Crippen molar-refractivity contribution in [2.24, 2.45) is 0 Å². The first-order valence-corrected chi connectivity index (χ1v) is 11.5. The highest BCUT2D eigenvalue weighted by Gasteiger charge is 2.30. The number of piperazine rings is 1. The average Bonchev–Trinajstić information content (AvgIpc) is 2.79. The third-order valence-corrected chi connectivity index (χ3v) is 7.46. The molecule has 0 aliphatic carbocycles. The fraction of sp³-hybridized carbons (Fsp3) is 0.318. The second-order valence-electron chi connectivity index (χ2n) is 7.09. The molecule has 0 N–H and O–H groups in total. The molecule has 31 heavy (non-hydrogen) atoms. The van der Waals surface area contributed by atoms with Crippen LogP contribution in [0.15, 0.2) is 47.4 Å². The molecule has 0 aromatic heterocycles. The van der Waals surface area contributed by atoms with Crippen LogP contribution in [0, 0.1) is 6.92 Å². The summed E-state index contributed by atoms with van der Waals surface area (Å²) in [5.41, 5.74) is 1.80. The number of carbonyl (C=O) groups excluding carboxylic acids is 1. The fourth-order valence-corrected chi connectivity index (χ4v) is 4.89. The van der Waals surface area contributed by atoms with Crippen molar-refractivity contribution in [2.45, 2.75) is 11.8 Å². The predicted molar refractivity (Wildman–Crippen MR) is 120 cm³/mol. The Morgan fingerprint density at radius 3 is 2.29 bits per heavy atom. The second kappa shape index (κ2) is 9.72. The predicted octanol–water partition coefficient (Wildman–Crippen LogP) is 3.21. The number of methoxy groups -OCH3 is 2. The van der Waals surface area contributed by atoms with Gasteiger partial charge in [0, 0.05) is 43.3 Å². The van der Waals surface area contributed by atoms with E-state index in [1.807, 2.05) is 19.1 Å². The van der Waals surface area contributed by atoms with Gasteiger partial charge in [-0.05, 0) is 42.3 Å². The van der Waals surface area contributed by atoms with Gasteiger partial charge in [0.25, 0.3) is 0 Å². The van der Waals surface area contributed by atoms with Gasteiger partial charge < -0.3 is 14.4 Å². The van der Waals surface area contributed by atoms with E-state index in [0.717, 1.165) is 11.1 Å². The van der Waals surface area contributed by atoms with Crippen molar-refractivity contribution in [3.05, 3.63) is 58.6 Å². The summed E-state index contributed by atoms with van der Waals surface area (Å²) in [5.74, 6) is 0.636. The quantitative estimate of drug-likeness (QED) is 0.613. The molecular weight excluding hydrogens is 440 g/mol. The van der Waals surface area contributed by atoms with Crippen LogP contribution in [0.25, 0.3) is 6.08 Å². The lowest BCUT2D eigenvalue weighted by molar-refractivity contribution is -0.127. The maximum absolute atomic E-state index is 13.0. The van der Waals surface area contributed by atoms with Crippen molar-refractivity contribution in [2.75, 3.05) is 40.4 Å². The molecule has 1 amide bonds. The van der Waals surface area contributed by atoms with Gasteiger partial charge in [-0.25, -0.2) is 8.42 Å². The van der Waals surface area contributed by atoms with Gasteiger partial charge in [0.05, 0.1) is 19.1 Å². The van der Waals surface area contributed by atoms with Crippen molar-refractivity contribution in [1.82, 2.24) is 9.21 Å². The molecule has 1 heterocycles. The summed E-state index contributed by atoms with van der Waals surface area (Å²) in [7, 11) is -0.760. The van der Waals surface area contributed by atoms with Gasteiger partial charge in [-0.3, -0.25) is 4.79 Å². The summed E-state index contributed by atoms with van der Waals surface area (Å²) in [5, 5.41) is 0.642. The largest absolute Gasteiger partial charge is 0.493 e. The monoisotopic (exact) mass is 464 g/mol. The van der Waals surface area contributed by atoms with Crippen molar-refractivity contribution >= 4 is 33.6 Å². The lowest BCUT2D eigenvalue weighted by Crippen LogP contribution is -2.50. The van der Waals surface area contributed by atoms with Gasteiger partial charge in [0.1, 0.15) is 0 Å². The molecule has 0 unspecified atom stereocenters. The lowest BCUT2D eigenvalue weighted by Gasteiger charge is -2.33. The number of rotatable bonds is 6. The van der Waals surface area contributed by atoms with Gasteiger partial charge in [-0.15, -0.1) is 0 Å². The number of hydrogen-bond donors (Lipinski definition) is 0. The number of hydrogen-bond acceptors (Lipinski definition) is 5. The van der Waals surface area contributed by atoms with E-state index in [2.05, 4.69) is 0 Å². The topological polar surface area (TPSA) is 76.2 Å². The first kappa shape index (κ1) is 23.1. The second-order valence-corrected chi connectivity index (χ2v) is 9.43. The first-order chi connectivity index (χ1) is 14.8. The molecule has 2 aromatic rings. The first-order valence-electron chi connectivity index (χ1n) is 9.71. The number of benzene rings is 2. The van der Waals surface area contributed by atoms with Crippen LogP contribution in [0.5, 0.6) is 11.5 Å². The van der Waals surface area contributed by atoms with Gasteiger partial charge in [-0.1, -0.05) is 23.7 Å². The van der Waals surface area contributed by atoms with Crippen molar-refractivity contribution in [1.29, 1.82) is 0 Å². The maximum Gasteiger partial charge on any atom is 0.246 e. The third-order valence-electron chi connectivity index (χ3n) is 5.16. The van der Waals surface area contributed by atoms with Gasteiger partial charge in [0.2, 0.25) is 15.9 Å². The van der Waals surface area contributed by atoms with E-state index in [1.54, 1.807) is 23.1 Å². The molecule has 0 radical (unpaired) electrons. The molecule has 0 atom stereocenters. The van der Waals surface area contributed by atoms with E-state index in [-0.39, 0.29) is 23.9 Å². The summed E-state index contributed by atoms with van der Waals surface area (Å²) in [6, 6.07) is 10.1. The third kappa shape index (κ3) is 5.20. The van der Waals surface area contributed by atoms with E-state index >= 15 is 0 Å². The highest BCUT2D eigenvalue weighted by atomic mass is 35.5. The summed E-state index contributed by atoms with van der Waals surface area (Å²) in [4.78, 5) is 14.3. The Morgan fingerprint density at radius 2 is 1.68 bits per heavy atom. The standard InChI is InChI=1S/C22H25ClN2O5S/c1-16-4-5-17(14-19(16)23)6-9-22(26)24-10-12-25(13-11-24)31(27,28)18-7-8-20(29-2)21(15-18)30-3/h4-9,14-15H,10-13H2,1-3H3/b9-6+. The Bertz CT molecular complexity index is 1090. The van der Waals surface area contributed by atoms with E-state index in [1.165, 1.54) is 36.7 Å². The lowest BCUT2D eigenvalue weighted by atomic mass is 10.1. The summed E-state index contributed by atoms with van der Waals surface area (Å²) in [6.07, 6.45) is 3.19. The number of halogens is 1. The minimum Gasteiger partial charge on any atom is -0.493 e. The fourth-order valence-electron chi connectivity index (χ4n) is 3.26. The zero-order valence-electron chi connectivity index (χ0n) is 17.7. The number of amides is 1. The summed E-state index contributed by atoms with van der Waals surface area (Å²) >= 11 is 6.12. The van der Waals surface area contributed by atoms with Crippen LogP contribution in [0.1, 0.15) is 11.1 Å². The Kier molecular flexibility index (Phi) is 7.25. The molecule has 1 aliphatic heterocycles. The Labute approximate surface area is 187 Å². The summed E-state index contributed by atoms with van der Waals surface area (Å²) < 4.78 is 37.8. The normalized spacial score (nSPS) is 15.3. The van der Waals surface area contributed by atoms with Gasteiger partial charge >= 0.3 is 0 Å². The molecule has 0 bridgehead atoms. The van der Waals surface area contributed by atoms with E-state index < -0.39 is 10.0 Å². The van der Waals surface area contributed by atoms with Crippen LogP contribution in [0.4, 0.5) is 0 Å². The van der Waals surface area contributed by atoms with Gasteiger partial charge in [0.15, 0.2) is 11.5 Å². The van der Waals surface area contributed by atoms with Crippen LogP contribution < -0.4 is 9.47 Å². The molecular formula is C22H25ClN2O5S. The summed E-state index contributed by atoms with van der Waals surface area (Å²) in [6.45, 7) is 2.96. The zero-order valence-corrected chi connectivity index (χ0v) is 19.2.